The molecule has 0 unspecified atom stereocenters. The van der Waals surface area contributed by atoms with Gasteiger partial charge in [0.05, 0.1) is 10.0 Å². The second-order valence-corrected chi connectivity index (χ2v) is 7.42. The number of halogens is 4. The fraction of sp³-hybridized carbons (Fsp3) is 0.0556. The van der Waals surface area contributed by atoms with Crippen LogP contribution in [0.5, 0.6) is 0 Å². The lowest BCUT2D eigenvalue weighted by atomic mass is 10.1. The predicted octanol–water partition coefficient (Wildman–Crippen LogP) is 6.84. The minimum atomic E-state index is -0.883. The molecule has 9 heteroatoms. The average molecular weight is 441 g/mol. The summed E-state index contributed by atoms with van der Waals surface area (Å²) in [6.45, 7) is 0. The number of nitrogens with zero attached hydrogens (tertiary/aromatic N) is 3. The van der Waals surface area contributed by atoms with Gasteiger partial charge in [0.2, 0.25) is 5.82 Å². The van der Waals surface area contributed by atoms with Crippen molar-refractivity contribution in [2.24, 2.45) is 0 Å². The van der Waals surface area contributed by atoms with Crippen LogP contribution in [0.25, 0.3) is 34.0 Å². The Hall–Kier alpha value is -2.05. The van der Waals surface area contributed by atoms with E-state index in [-0.39, 0.29) is 5.89 Å². The number of rotatable bonds is 4. The largest absolute Gasteiger partial charge is 0.356 e. The van der Waals surface area contributed by atoms with E-state index in [0.29, 0.717) is 38.5 Å². The third-order valence-corrected chi connectivity index (χ3v) is 4.77. The zero-order chi connectivity index (χ0) is 19.0. The predicted molar refractivity (Wildman–Crippen MR) is 105 cm³/mol. The first kappa shape index (κ1) is 18.3. The summed E-state index contributed by atoms with van der Waals surface area (Å²) in [5, 5.41) is 8.95. The van der Waals surface area contributed by atoms with Crippen molar-refractivity contribution in [1.29, 1.82) is 0 Å². The van der Waals surface area contributed by atoms with Crippen molar-refractivity contribution >= 4 is 46.4 Å². The third kappa shape index (κ3) is 3.69. The summed E-state index contributed by atoms with van der Waals surface area (Å²) in [6.07, 6.45) is 0. The van der Waals surface area contributed by atoms with Crippen LogP contribution >= 0.6 is 46.4 Å². The molecule has 2 aromatic carbocycles. The van der Waals surface area contributed by atoms with Gasteiger partial charge in [-0.25, -0.2) is 0 Å². The molecule has 0 fully saturated rings. The number of alkyl halides is 2. The van der Waals surface area contributed by atoms with Crippen LogP contribution in [0.15, 0.2) is 57.6 Å². The Balaban J connectivity index is 1.70. The lowest BCUT2D eigenvalue weighted by molar-refractivity contribution is 0.388. The summed E-state index contributed by atoms with van der Waals surface area (Å²) in [7, 11) is 0. The molecule has 4 aromatic rings. The van der Waals surface area contributed by atoms with Gasteiger partial charge in [0.25, 0.3) is 5.89 Å². The summed E-state index contributed by atoms with van der Waals surface area (Å²) >= 11 is 24.0. The number of hydrogen-bond acceptors (Lipinski definition) is 5. The van der Waals surface area contributed by atoms with E-state index in [0.717, 1.165) is 5.56 Å². The fourth-order valence-corrected chi connectivity index (χ4v) is 3.29. The summed E-state index contributed by atoms with van der Waals surface area (Å²) in [4.78, 5) is 3.29. The van der Waals surface area contributed by atoms with Crippen molar-refractivity contribution in [3.05, 3.63) is 64.5 Å². The first-order valence-corrected chi connectivity index (χ1v) is 9.29. The lowest BCUT2D eigenvalue weighted by Crippen LogP contribution is -1.84. The summed E-state index contributed by atoms with van der Waals surface area (Å²) in [6, 6.07) is 14.4. The Morgan fingerprint density at radius 1 is 0.815 bits per heavy atom. The van der Waals surface area contributed by atoms with E-state index in [1.807, 2.05) is 24.3 Å². The van der Waals surface area contributed by atoms with Gasteiger partial charge in [-0.3, -0.25) is 0 Å². The van der Waals surface area contributed by atoms with E-state index in [4.69, 9.17) is 55.4 Å². The van der Waals surface area contributed by atoms with E-state index < -0.39 is 4.84 Å². The Labute approximate surface area is 173 Å². The Morgan fingerprint density at radius 3 is 2.22 bits per heavy atom. The van der Waals surface area contributed by atoms with Gasteiger partial charge in [0.15, 0.2) is 10.6 Å². The molecule has 136 valence electrons. The molecule has 2 heterocycles. The SMILES string of the molecule is Clc1cccc(Cl)c1-c1cc(-c2cccc(-c3noc(C(Cl)Cl)n3)c2)on1. The summed E-state index contributed by atoms with van der Waals surface area (Å²) in [5.74, 6) is 1.04. The minimum absolute atomic E-state index is 0.133. The highest BCUT2D eigenvalue weighted by Crippen LogP contribution is 2.36. The molecule has 0 N–H and O–H groups in total. The van der Waals surface area contributed by atoms with E-state index in [9.17, 15) is 0 Å². The van der Waals surface area contributed by atoms with Crippen molar-refractivity contribution in [1.82, 2.24) is 15.3 Å². The molecule has 0 atom stereocenters. The van der Waals surface area contributed by atoms with E-state index >= 15 is 0 Å². The Bertz CT molecular complexity index is 1090. The van der Waals surface area contributed by atoms with Crippen LogP contribution in [0.3, 0.4) is 0 Å². The van der Waals surface area contributed by atoms with Crippen LogP contribution in [0.4, 0.5) is 0 Å². The molecule has 0 aliphatic heterocycles. The smallest absolute Gasteiger partial charge is 0.260 e. The molecule has 0 radical (unpaired) electrons. The highest BCUT2D eigenvalue weighted by molar-refractivity contribution is 6.43. The van der Waals surface area contributed by atoms with E-state index in [2.05, 4.69) is 15.3 Å². The van der Waals surface area contributed by atoms with Gasteiger partial charge in [0.1, 0.15) is 5.69 Å². The normalized spacial score (nSPS) is 11.3. The standard InChI is InChI=1S/C18H9Cl4N3O2/c19-11-5-2-6-12(20)15(11)13-8-14(26-24-13)9-3-1-4-10(7-9)17-23-18(16(21)22)27-25-17/h1-8,16H. The molecule has 0 amide bonds. The summed E-state index contributed by atoms with van der Waals surface area (Å²) in [5.41, 5.74) is 2.64. The molecule has 27 heavy (non-hydrogen) atoms. The zero-order valence-corrected chi connectivity index (χ0v) is 16.4. The minimum Gasteiger partial charge on any atom is -0.356 e. The summed E-state index contributed by atoms with van der Waals surface area (Å²) < 4.78 is 10.5. The van der Waals surface area contributed by atoms with Crippen molar-refractivity contribution in [2.45, 2.75) is 4.84 Å². The molecule has 0 aliphatic carbocycles. The lowest BCUT2D eigenvalue weighted by Gasteiger charge is -2.01. The third-order valence-electron chi connectivity index (χ3n) is 3.76. The molecule has 5 nitrogen and oxygen atoms in total. The van der Waals surface area contributed by atoms with E-state index in [1.54, 1.807) is 24.3 Å². The maximum atomic E-state index is 6.24. The van der Waals surface area contributed by atoms with Gasteiger partial charge >= 0.3 is 0 Å². The monoisotopic (exact) mass is 439 g/mol. The Morgan fingerprint density at radius 2 is 1.52 bits per heavy atom. The van der Waals surface area contributed by atoms with Crippen molar-refractivity contribution < 1.29 is 9.05 Å². The van der Waals surface area contributed by atoms with Crippen molar-refractivity contribution in [2.75, 3.05) is 0 Å². The van der Waals surface area contributed by atoms with Crippen molar-refractivity contribution in [3.8, 4) is 34.0 Å². The molecule has 2 aromatic heterocycles. The molecule has 0 aliphatic rings. The Kier molecular flexibility index (Phi) is 5.10. The van der Waals surface area contributed by atoms with Gasteiger partial charge in [-0.05, 0) is 18.2 Å². The van der Waals surface area contributed by atoms with Gasteiger partial charge in [-0.1, -0.05) is 81.0 Å². The van der Waals surface area contributed by atoms with Crippen LogP contribution in [0.1, 0.15) is 10.7 Å². The molecule has 0 saturated heterocycles. The van der Waals surface area contributed by atoms with Gasteiger partial charge in [0, 0.05) is 22.8 Å². The maximum absolute atomic E-state index is 6.24. The van der Waals surface area contributed by atoms with Crippen LogP contribution < -0.4 is 0 Å². The topological polar surface area (TPSA) is 65.0 Å². The molecule has 0 bridgehead atoms. The number of aromatic nitrogens is 3. The first-order chi connectivity index (χ1) is 13.0. The molecular formula is C18H9Cl4N3O2. The van der Waals surface area contributed by atoms with Crippen LogP contribution in [-0.4, -0.2) is 15.3 Å². The van der Waals surface area contributed by atoms with Crippen LogP contribution in [0.2, 0.25) is 10.0 Å². The molecule has 0 spiro atoms. The highest BCUT2D eigenvalue weighted by Gasteiger charge is 2.17. The number of hydrogen-bond donors (Lipinski definition) is 0. The van der Waals surface area contributed by atoms with E-state index in [1.165, 1.54) is 0 Å². The second-order valence-electron chi connectivity index (χ2n) is 5.51. The maximum Gasteiger partial charge on any atom is 0.260 e. The van der Waals surface area contributed by atoms with Gasteiger partial charge in [-0.2, -0.15) is 4.98 Å². The zero-order valence-electron chi connectivity index (χ0n) is 13.4. The first-order valence-electron chi connectivity index (χ1n) is 7.66. The van der Waals surface area contributed by atoms with Crippen LogP contribution in [0, 0.1) is 0 Å². The second kappa shape index (κ2) is 7.52. The molecular weight excluding hydrogens is 432 g/mol. The van der Waals surface area contributed by atoms with Crippen LogP contribution in [-0.2, 0) is 0 Å². The van der Waals surface area contributed by atoms with Gasteiger partial charge < -0.3 is 9.05 Å². The van der Waals surface area contributed by atoms with Crippen molar-refractivity contribution in [3.63, 3.8) is 0 Å². The molecule has 4 rings (SSSR count). The molecule has 0 saturated carbocycles. The quantitative estimate of drug-likeness (QED) is 0.325. The number of benzene rings is 2. The fourth-order valence-electron chi connectivity index (χ4n) is 2.52. The highest BCUT2D eigenvalue weighted by atomic mass is 35.5. The van der Waals surface area contributed by atoms with Gasteiger partial charge in [-0.15, -0.1) is 0 Å². The average Bonchev–Trinajstić information content (AvgIpc) is 3.32.